The highest BCUT2D eigenvalue weighted by molar-refractivity contribution is 7.89. The maximum absolute atomic E-state index is 13.6. The summed E-state index contributed by atoms with van der Waals surface area (Å²) in [6.07, 6.45) is 6.85. The number of carbonyl (C=O) groups is 1. The molecule has 0 spiro atoms. The third kappa shape index (κ3) is 4.56. The van der Waals surface area contributed by atoms with Gasteiger partial charge in [0.05, 0.1) is 22.7 Å². The van der Waals surface area contributed by atoms with Gasteiger partial charge in [-0.05, 0) is 56.1 Å². The van der Waals surface area contributed by atoms with Crippen LogP contribution >= 0.6 is 11.3 Å². The van der Waals surface area contributed by atoms with Crippen molar-refractivity contribution in [3.63, 3.8) is 0 Å². The minimum absolute atomic E-state index is 0.0243. The average molecular weight is 573 g/mol. The molecule has 4 heterocycles. The van der Waals surface area contributed by atoms with Gasteiger partial charge in [0, 0.05) is 33.4 Å². The van der Waals surface area contributed by atoms with Crippen molar-refractivity contribution in [2.45, 2.75) is 60.3 Å². The summed E-state index contributed by atoms with van der Waals surface area (Å²) in [7, 11) is -0.594. The van der Waals surface area contributed by atoms with Gasteiger partial charge in [0.1, 0.15) is 28.4 Å². The number of imidazole rings is 1. The lowest BCUT2D eigenvalue weighted by molar-refractivity contribution is 0.156. The third-order valence-corrected chi connectivity index (χ3v) is 10.7. The molecule has 0 unspecified atom stereocenters. The van der Waals surface area contributed by atoms with E-state index < -0.39 is 27.7 Å². The third-order valence-electron chi connectivity index (χ3n) is 7.99. The highest BCUT2D eigenvalue weighted by atomic mass is 32.2. The van der Waals surface area contributed by atoms with E-state index in [0.29, 0.717) is 60.1 Å². The topological polar surface area (TPSA) is 137 Å². The highest BCUT2D eigenvalue weighted by Gasteiger charge is 2.49. The number of nitrogens with zero attached hydrogens (tertiary/aromatic N) is 7. The number of hydrogen-bond donors (Lipinski definition) is 1. The van der Waals surface area contributed by atoms with Gasteiger partial charge in [0.25, 0.3) is 0 Å². The molecule has 3 fully saturated rings. The highest BCUT2D eigenvalue weighted by Crippen LogP contribution is 2.49. The number of amides is 2. The number of pyridine rings is 1. The fourth-order valence-corrected chi connectivity index (χ4v) is 7.65. The molecule has 6 rings (SSSR count). The van der Waals surface area contributed by atoms with E-state index in [1.165, 1.54) is 17.5 Å². The lowest BCUT2D eigenvalue weighted by atomic mass is 9.90. The summed E-state index contributed by atoms with van der Waals surface area (Å²) in [5, 5.41) is 19.4. The predicted molar refractivity (Wildman–Crippen MR) is 142 cm³/mol. The zero-order valence-corrected chi connectivity index (χ0v) is 23.4. The van der Waals surface area contributed by atoms with Crippen molar-refractivity contribution < 1.29 is 17.6 Å². The first kappa shape index (κ1) is 26.1. The number of likely N-dealkylation sites (tertiary alicyclic amines) is 1. The van der Waals surface area contributed by atoms with Crippen molar-refractivity contribution in [2.75, 3.05) is 33.9 Å². The van der Waals surface area contributed by atoms with Crippen LogP contribution in [0.5, 0.6) is 0 Å². The summed E-state index contributed by atoms with van der Waals surface area (Å²) in [5.74, 6) is -0.0292. The second-order valence-corrected chi connectivity index (χ2v) is 13.7. The van der Waals surface area contributed by atoms with Crippen LogP contribution < -0.4 is 4.72 Å². The van der Waals surface area contributed by atoms with Crippen LogP contribution in [-0.2, 0) is 15.4 Å². The smallest absolute Gasteiger partial charge is 0.319 e. The van der Waals surface area contributed by atoms with Gasteiger partial charge in [-0.1, -0.05) is 11.3 Å². The molecule has 206 valence electrons. The number of rotatable bonds is 7. The molecule has 3 aromatic heterocycles. The summed E-state index contributed by atoms with van der Waals surface area (Å²) in [4.78, 5) is 20.5. The molecule has 14 heteroatoms. The molecular formula is C25H29FN8O3S2. The Kier molecular flexibility index (Phi) is 6.16. The molecule has 2 saturated carbocycles. The second kappa shape index (κ2) is 9.21. The number of aromatic nitrogens is 4. The Hall–Kier alpha value is -3.15. The normalized spacial score (nSPS) is 20.1. The number of carbonyl (C=O) groups excluding carboxylic acids is 1. The summed E-state index contributed by atoms with van der Waals surface area (Å²) in [6, 6.07) is 3.92. The summed E-state index contributed by atoms with van der Waals surface area (Å²) < 4.78 is 44.8. The number of urea groups is 1. The van der Waals surface area contributed by atoms with Crippen molar-refractivity contribution >= 4 is 33.0 Å². The van der Waals surface area contributed by atoms with E-state index in [1.807, 2.05) is 0 Å². The molecule has 2 amide bonds. The standard InChI is InChI=1S/C25H29FN8O3S2/c1-32(2)23(35)33-9-3-16(4-10-33)18-11-17(39(36,37)31-25(14-26)7-8-25)13-34-19(12-28-20(18)34)21-29-30-22(38-21)24(15-27)5-6-24/h11-13,16,31H,3-10,14H2,1-2H3. The molecule has 11 nitrogen and oxygen atoms in total. The predicted octanol–water partition coefficient (Wildman–Crippen LogP) is 3.05. The number of halogens is 1. The van der Waals surface area contributed by atoms with Crippen LogP contribution in [0, 0.1) is 11.3 Å². The van der Waals surface area contributed by atoms with E-state index in [2.05, 4.69) is 26.0 Å². The minimum Gasteiger partial charge on any atom is -0.331 e. The van der Waals surface area contributed by atoms with E-state index in [0.717, 1.165) is 18.4 Å². The fraction of sp³-hybridized carbons (Fsp3) is 0.560. The maximum atomic E-state index is 13.6. The fourth-order valence-electron chi connectivity index (χ4n) is 5.13. The molecule has 0 aromatic carbocycles. The van der Waals surface area contributed by atoms with Crippen LogP contribution in [-0.4, -0.2) is 83.2 Å². The molecule has 0 radical (unpaired) electrons. The number of fused-ring (bicyclic) bond motifs is 1. The molecule has 0 atom stereocenters. The Morgan fingerprint density at radius 1 is 1.26 bits per heavy atom. The first-order valence-corrected chi connectivity index (χ1v) is 15.2. The first-order chi connectivity index (χ1) is 18.6. The molecule has 3 aliphatic rings. The van der Waals surface area contributed by atoms with Gasteiger partial charge in [-0.3, -0.25) is 4.40 Å². The summed E-state index contributed by atoms with van der Waals surface area (Å²) >= 11 is 1.32. The van der Waals surface area contributed by atoms with Crippen molar-refractivity contribution in [2.24, 2.45) is 0 Å². The Labute approximate surface area is 229 Å². The maximum Gasteiger partial charge on any atom is 0.319 e. The van der Waals surface area contributed by atoms with Crippen molar-refractivity contribution in [3.05, 3.63) is 29.0 Å². The molecule has 3 aromatic rings. The summed E-state index contributed by atoms with van der Waals surface area (Å²) in [6.45, 7) is 0.319. The number of piperidine rings is 1. The van der Waals surface area contributed by atoms with Crippen LogP contribution in [0.25, 0.3) is 16.3 Å². The van der Waals surface area contributed by atoms with E-state index >= 15 is 0 Å². The average Bonchev–Trinajstić information content (AvgIpc) is 3.79. The quantitative estimate of drug-likeness (QED) is 0.459. The number of alkyl halides is 1. The SMILES string of the molecule is CN(C)C(=O)N1CCC(c2cc(S(=O)(=O)NC3(CF)CC3)cn3c(-c4nnc(C5(C#N)CC5)s4)cnc23)CC1. The van der Waals surface area contributed by atoms with Gasteiger partial charge in [-0.25, -0.2) is 27.3 Å². The zero-order chi connectivity index (χ0) is 27.6. The van der Waals surface area contributed by atoms with Crippen LogP contribution in [0.2, 0.25) is 0 Å². The van der Waals surface area contributed by atoms with Crippen molar-refractivity contribution in [1.29, 1.82) is 5.26 Å². The lowest BCUT2D eigenvalue weighted by Crippen LogP contribution is -2.43. The monoisotopic (exact) mass is 572 g/mol. The van der Waals surface area contributed by atoms with Gasteiger partial charge in [-0.2, -0.15) is 5.26 Å². The zero-order valence-electron chi connectivity index (χ0n) is 21.7. The Morgan fingerprint density at radius 3 is 2.56 bits per heavy atom. The Balaban J connectivity index is 1.41. The van der Waals surface area contributed by atoms with Crippen LogP contribution in [0.3, 0.4) is 0 Å². The van der Waals surface area contributed by atoms with E-state index in [4.69, 9.17) is 0 Å². The van der Waals surface area contributed by atoms with Crippen LogP contribution in [0.1, 0.15) is 55.0 Å². The van der Waals surface area contributed by atoms with Crippen LogP contribution in [0.15, 0.2) is 23.4 Å². The minimum atomic E-state index is -4.03. The molecule has 0 bridgehead atoms. The number of sulfonamides is 1. The molecule has 2 aliphatic carbocycles. The van der Waals surface area contributed by atoms with Gasteiger partial charge in [0.15, 0.2) is 5.01 Å². The first-order valence-electron chi connectivity index (χ1n) is 12.9. The molecular weight excluding hydrogens is 543 g/mol. The van der Waals surface area contributed by atoms with E-state index in [1.54, 1.807) is 40.6 Å². The number of nitriles is 1. The number of nitrogens with one attached hydrogen (secondary N) is 1. The van der Waals surface area contributed by atoms with Crippen LogP contribution in [0.4, 0.5) is 9.18 Å². The van der Waals surface area contributed by atoms with Crippen molar-refractivity contribution in [3.8, 4) is 16.8 Å². The van der Waals surface area contributed by atoms with E-state index in [9.17, 15) is 22.9 Å². The van der Waals surface area contributed by atoms with Gasteiger partial charge >= 0.3 is 6.03 Å². The van der Waals surface area contributed by atoms with Crippen molar-refractivity contribution in [1.82, 2.24) is 34.1 Å². The molecule has 39 heavy (non-hydrogen) atoms. The Morgan fingerprint density at radius 2 is 1.97 bits per heavy atom. The van der Waals surface area contributed by atoms with Gasteiger partial charge < -0.3 is 9.80 Å². The molecule has 1 aliphatic heterocycles. The lowest BCUT2D eigenvalue weighted by Gasteiger charge is -2.34. The largest absolute Gasteiger partial charge is 0.331 e. The molecule has 1 saturated heterocycles. The van der Waals surface area contributed by atoms with E-state index in [-0.39, 0.29) is 16.8 Å². The number of hydrogen-bond acceptors (Lipinski definition) is 8. The Bertz CT molecular complexity index is 1590. The van der Waals surface area contributed by atoms with Gasteiger partial charge in [0.2, 0.25) is 10.0 Å². The second-order valence-electron chi connectivity index (χ2n) is 11.0. The summed E-state index contributed by atoms with van der Waals surface area (Å²) in [5.41, 5.74) is 0.321. The molecule has 1 N–H and O–H groups in total. The van der Waals surface area contributed by atoms with Gasteiger partial charge in [-0.15, -0.1) is 10.2 Å².